The Morgan fingerprint density at radius 2 is 1.56 bits per heavy atom. The van der Waals surface area contributed by atoms with Crippen LogP contribution in [-0.4, -0.2) is 38.7 Å². The summed E-state index contributed by atoms with van der Waals surface area (Å²) in [6.45, 7) is 1.83. The minimum absolute atomic E-state index is 0.169. The molecule has 0 saturated carbocycles. The number of nitrogens with one attached hydrogen (secondary N) is 4. The van der Waals surface area contributed by atoms with Gasteiger partial charge in [0.05, 0.1) is 23.2 Å². The van der Waals surface area contributed by atoms with Crippen molar-refractivity contribution in [2.45, 2.75) is 24.8 Å². The molecule has 4 N–H and O–H groups in total. The van der Waals surface area contributed by atoms with Crippen LogP contribution in [0, 0.1) is 17.5 Å². The van der Waals surface area contributed by atoms with Gasteiger partial charge in [-0.25, -0.2) is 21.6 Å². The zero-order chi connectivity index (χ0) is 24.1. The van der Waals surface area contributed by atoms with Crippen LogP contribution in [0.3, 0.4) is 0 Å². The van der Waals surface area contributed by atoms with E-state index in [2.05, 4.69) is 15.4 Å². The number of anilines is 2. The van der Waals surface area contributed by atoms with E-state index >= 15 is 0 Å². The summed E-state index contributed by atoms with van der Waals surface area (Å²) in [6.07, 6.45) is 0. The van der Waals surface area contributed by atoms with E-state index in [4.69, 9.17) is 0 Å². The second kappa shape index (κ2) is 10.2. The molecule has 0 aliphatic heterocycles. The molecule has 0 aliphatic carbocycles. The summed E-state index contributed by atoms with van der Waals surface area (Å²) in [5.41, 5.74) is -0.245. The number of rotatable bonds is 8. The normalized spacial score (nSPS) is 12.0. The first kappa shape index (κ1) is 24.8. The van der Waals surface area contributed by atoms with Crippen molar-refractivity contribution < 1.29 is 36.0 Å². The van der Waals surface area contributed by atoms with E-state index in [9.17, 15) is 36.0 Å². The summed E-state index contributed by atoms with van der Waals surface area (Å²) in [7, 11) is -4.10. The first-order valence-corrected chi connectivity index (χ1v) is 10.5. The molecule has 2 aromatic carbocycles. The average Bonchev–Trinajstić information content (AvgIpc) is 2.72. The van der Waals surface area contributed by atoms with Gasteiger partial charge >= 0.3 is 0 Å². The summed E-state index contributed by atoms with van der Waals surface area (Å²) in [5, 5.41) is 6.58. The van der Waals surface area contributed by atoms with Crippen molar-refractivity contribution >= 4 is 39.1 Å². The standard InChI is InChI=1S/C19H19F3N4O5S/c1-10(26-32(30,31)13-5-3-12(4-6-13)24-11(2)27)19(29)23-9-16(28)25-15-8-7-14(20)17(21)18(15)22/h3-8,10,26H,9H2,1-2H3,(H,23,29)(H,24,27)(H,25,28)/t10-/m0/s1. The molecule has 0 unspecified atom stereocenters. The summed E-state index contributed by atoms with van der Waals surface area (Å²) in [5.74, 6) is -6.95. The predicted molar refractivity (Wildman–Crippen MR) is 108 cm³/mol. The average molecular weight is 472 g/mol. The van der Waals surface area contributed by atoms with Gasteiger partial charge in [-0.1, -0.05) is 0 Å². The first-order valence-electron chi connectivity index (χ1n) is 9.01. The molecule has 0 aromatic heterocycles. The van der Waals surface area contributed by atoms with Crippen LogP contribution in [0.25, 0.3) is 0 Å². The summed E-state index contributed by atoms with van der Waals surface area (Å²) < 4.78 is 66.6. The lowest BCUT2D eigenvalue weighted by atomic mass is 10.2. The molecule has 172 valence electrons. The monoisotopic (exact) mass is 472 g/mol. The molecule has 0 radical (unpaired) electrons. The molecule has 3 amide bonds. The molecular weight excluding hydrogens is 453 g/mol. The van der Waals surface area contributed by atoms with E-state index in [-0.39, 0.29) is 10.8 Å². The fourth-order valence-electron chi connectivity index (χ4n) is 2.41. The lowest BCUT2D eigenvalue weighted by Gasteiger charge is -2.15. The minimum atomic E-state index is -4.10. The van der Waals surface area contributed by atoms with Crippen molar-refractivity contribution in [1.82, 2.24) is 10.0 Å². The third-order valence-corrected chi connectivity index (χ3v) is 5.50. The highest BCUT2D eigenvalue weighted by Crippen LogP contribution is 2.19. The highest BCUT2D eigenvalue weighted by molar-refractivity contribution is 7.89. The molecule has 13 heteroatoms. The van der Waals surface area contributed by atoms with Gasteiger partial charge in [-0.05, 0) is 43.3 Å². The maximum Gasteiger partial charge on any atom is 0.243 e. The summed E-state index contributed by atoms with van der Waals surface area (Å²) >= 11 is 0. The number of sulfonamides is 1. The number of benzene rings is 2. The molecule has 0 saturated heterocycles. The van der Waals surface area contributed by atoms with E-state index in [1.54, 1.807) is 0 Å². The molecule has 2 rings (SSSR count). The van der Waals surface area contributed by atoms with Gasteiger partial charge in [0.2, 0.25) is 27.7 Å². The Labute approximate surface area is 181 Å². The van der Waals surface area contributed by atoms with Crippen LogP contribution in [0.1, 0.15) is 13.8 Å². The van der Waals surface area contributed by atoms with Gasteiger partial charge in [0.1, 0.15) is 0 Å². The van der Waals surface area contributed by atoms with Crippen LogP contribution in [0.2, 0.25) is 0 Å². The largest absolute Gasteiger partial charge is 0.346 e. The molecule has 32 heavy (non-hydrogen) atoms. The van der Waals surface area contributed by atoms with Crippen molar-refractivity contribution in [3.05, 3.63) is 53.8 Å². The number of amides is 3. The topological polar surface area (TPSA) is 133 Å². The Kier molecular flexibility index (Phi) is 7.94. The number of hydrogen-bond donors (Lipinski definition) is 4. The van der Waals surface area contributed by atoms with Crippen molar-refractivity contribution in [2.24, 2.45) is 0 Å². The molecular formula is C19H19F3N4O5S. The SMILES string of the molecule is CC(=O)Nc1ccc(S(=O)(=O)N[C@@H](C)C(=O)NCC(=O)Nc2ccc(F)c(F)c2F)cc1. The van der Waals surface area contributed by atoms with Crippen molar-refractivity contribution in [2.75, 3.05) is 17.2 Å². The lowest BCUT2D eigenvalue weighted by molar-refractivity contribution is -0.125. The maximum absolute atomic E-state index is 13.6. The van der Waals surface area contributed by atoms with E-state index in [1.165, 1.54) is 38.1 Å². The van der Waals surface area contributed by atoms with Crippen molar-refractivity contribution in [3.8, 4) is 0 Å². The Hall–Kier alpha value is -3.45. The fourth-order valence-corrected chi connectivity index (χ4v) is 3.62. The number of carbonyl (C=O) groups is 3. The van der Waals surface area contributed by atoms with Gasteiger partial charge in [-0.2, -0.15) is 4.72 Å². The van der Waals surface area contributed by atoms with Gasteiger partial charge < -0.3 is 16.0 Å². The molecule has 0 heterocycles. The zero-order valence-corrected chi connectivity index (χ0v) is 17.6. The number of hydrogen-bond acceptors (Lipinski definition) is 5. The lowest BCUT2D eigenvalue weighted by Crippen LogP contribution is -2.46. The van der Waals surface area contributed by atoms with Crippen LogP contribution in [0.4, 0.5) is 24.5 Å². The van der Waals surface area contributed by atoms with Gasteiger partial charge in [0.15, 0.2) is 17.5 Å². The second-order valence-corrected chi connectivity index (χ2v) is 8.25. The maximum atomic E-state index is 13.6. The smallest absolute Gasteiger partial charge is 0.243 e. The molecule has 0 bridgehead atoms. The van der Waals surface area contributed by atoms with Crippen LogP contribution < -0.4 is 20.7 Å². The second-order valence-electron chi connectivity index (χ2n) is 6.54. The van der Waals surface area contributed by atoms with E-state index < -0.39 is 57.6 Å². The Morgan fingerprint density at radius 1 is 0.938 bits per heavy atom. The molecule has 0 aliphatic rings. The van der Waals surface area contributed by atoms with Crippen LogP contribution >= 0.6 is 0 Å². The summed E-state index contributed by atoms with van der Waals surface area (Å²) in [6, 6.07) is 5.31. The van der Waals surface area contributed by atoms with Crippen LogP contribution in [0.5, 0.6) is 0 Å². The molecule has 0 fully saturated rings. The zero-order valence-electron chi connectivity index (χ0n) is 16.8. The number of carbonyl (C=O) groups excluding carboxylic acids is 3. The Morgan fingerprint density at radius 3 is 2.16 bits per heavy atom. The Balaban J connectivity index is 1.92. The first-order chi connectivity index (χ1) is 14.9. The van der Waals surface area contributed by atoms with Crippen molar-refractivity contribution in [1.29, 1.82) is 0 Å². The quantitative estimate of drug-likeness (QED) is 0.432. The van der Waals surface area contributed by atoms with Gasteiger partial charge in [-0.3, -0.25) is 14.4 Å². The van der Waals surface area contributed by atoms with E-state index in [1.807, 2.05) is 5.32 Å². The van der Waals surface area contributed by atoms with Gasteiger partial charge in [0, 0.05) is 12.6 Å². The highest BCUT2D eigenvalue weighted by Gasteiger charge is 2.23. The third kappa shape index (κ3) is 6.52. The van der Waals surface area contributed by atoms with Gasteiger partial charge in [-0.15, -0.1) is 0 Å². The molecule has 9 nitrogen and oxygen atoms in total. The molecule has 0 spiro atoms. The van der Waals surface area contributed by atoms with Crippen molar-refractivity contribution in [3.63, 3.8) is 0 Å². The molecule has 2 aromatic rings. The Bertz CT molecular complexity index is 1140. The number of halogens is 3. The van der Waals surface area contributed by atoms with Crippen LogP contribution in [-0.2, 0) is 24.4 Å². The third-order valence-electron chi connectivity index (χ3n) is 3.94. The fraction of sp³-hybridized carbons (Fsp3) is 0.211. The van der Waals surface area contributed by atoms with E-state index in [0.717, 1.165) is 6.07 Å². The van der Waals surface area contributed by atoms with E-state index in [0.29, 0.717) is 11.8 Å². The minimum Gasteiger partial charge on any atom is -0.346 e. The van der Waals surface area contributed by atoms with Crippen LogP contribution in [0.15, 0.2) is 41.3 Å². The summed E-state index contributed by atoms with van der Waals surface area (Å²) in [4.78, 5) is 34.8. The predicted octanol–water partition coefficient (Wildman–Crippen LogP) is 1.48. The molecule has 1 atom stereocenters. The highest BCUT2D eigenvalue weighted by atomic mass is 32.2. The van der Waals surface area contributed by atoms with Gasteiger partial charge in [0.25, 0.3) is 0 Å².